The van der Waals surface area contributed by atoms with Crippen LogP contribution in [0.5, 0.6) is 5.75 Å². The average molecular weight is 446 g/mol. The summed E-state index contributed by atoms with van der Waals surface area (Å²) in [5.74, 6) is -1.91. The Balaban J connectivity index is 0.000000423. The van der Waals surface area contributed by atoms with Gasteiger partial charge in [0.1, 0.15) is 11.9 Å². The van der Waals surface area contributed by atoms with E-state index in [9.17, 15) is 18.0 Å². The zero-order chi connectivity index (χ0) is 23.2. The van der Waals surface area contributed by atoms with Crippen LogP contribution < -0.4 is 9.64 Å². The summed E-state index contributed by atoms with van der Waals surface area (Å²) in [6.45, 7) is 9.12. The predicted molar refractivity (Wildman–Crippen MR) is 108 cm³/mol. The number of nitrogens with zero attached hydrogens (tertiary/aromatic N) is 2. The van der Waals surface area contributed by atoms with Crippen LogP contribution in [0.3, 0.4) is 0 Å². The molecule has 0 radical (unpaired) electrons. The summed E-state index contributed by atoms with van der Waals surface area (Å²) in [7, 11) is 1.69. The van der Waals surface area contributed by atoms with Gasteiger partial charge in [0, 0.05) is 38.4 Å². The number of aliphatic carboxylic acids is 1. The van der Waals surface area contributed by atoms with E-state index in [2.05, 4.69) is 21.9 Å². The number of piperazine rings is 1. The molecule has 0 aromatic heterocycles. The quantitative estimate of drug-likeness (QED) is 0.696. The second-order valence-electron chi connectivity index (χ2n) is 8.23. The molecule has 2 heterocycles. The van der Waals surface area contributed by atoms with Crippen LogP contribution >= 0.6 is 0 Å². The molecule has 0 unspecified atom stereocenters. The molecule has 0 amide bonds. The maximum Gasteiger partial charge on any atom is 0.490 e. The molecule has 7 nitrogen and oxygen atoms in total. The molecule has 2 aliphatic heterocycles. The van der Waals surface area contributed by atoms with Crippen LogP contribution in [0.1, 0.15) is 26.7 Å². The largest absolute Gasteiger partial charge is 0.497 e. The van der Waals surface area contributed by atoms with Crippen LogP contribution in [0.25, 0.3) is 0 Å². The summed E-state index contributed by atoms with van der Waals surface area (Å²) in [6.07, 6.45) is -3.21. The summed E-state index contributed by atoms with van der Waals surface area (Å²) in [5, 5.41) is 7.12. The molecule has 1 N–H and O–H groups in total. The van der Waals surface area contributed by atoms with Crippen LogP contribution in [0, 0.1) is 5.41 Å². The van der Waals surface area contributed by atoms with Gasteiger partial charge < -0.3 is 19.5 Å². The number of halogens is 3. The van der Waals surface area contributed by atoms with Crippen molar-refractivity contribution in [3.05, 3.63) is 24.3 Å². The summed E-state index contributed by atoms with van der Waals surface area (Å²) < 4.78 is 42.4. The highest BCUT2D eigenvalue weighted by atomic mass is 19.4. The Kier molecular flexibility index (Phi) is 8.16. The molecule has 3 rings (SSSR count). The smallest absolute Gasteiger partial charge is 0.490 e. The van der Waals surface area contributed by atoms with Gasteiger partial charge in [0.15, 0.2) is 0 Å². The van der Waals surface area contributed by atoms with E-state index in [1.54, 1.807) is 7.11 Å². The topological polar surface area (TPSA) is 79.3 Å². The minimum atomic E-state index is -5.08. The van der Waals surface area contributed by atoms with Crippen molar-refractivity contribution in [2.75, 3.05) is 44.7 Å². The van der Waals surface area contributed by atoms with E-state index in [0.717, 1.165) is 51.3 Å². The van der Waals surface area contributed by atoms with E-state index in [-0.39, 0.29) is 17.5 Å². The molecule has 0 aliphatic carbocycles. The normalized spacial score (nSPS) is 21.2. The molecule has 0 saturated carbocycles. The fraction of sp³-hybridized carbons (Fsp3) is 0.619. The Morgan fingerprint density at radius 1 is 1.19 bits per heavy atom. The molecule has 1 aromatic carbocycles. The number of cyclic esters (lactones) is 1. The van der Waals surface area contributed by atoms with Crippen molar-refractivity contribution >= 4 is 17.6 Å². The van der Waals surface area contributed by atoms with E-state index in [0.29, 0.717) is 0 Å². The Morgan fingerprint density at radius 2 is 1.74 bits per heavy atom. The number of carboxylic acids is 1. The minimum absolute atomic E-state index is 0.0446. The number of hydrogen-bond acceptors (Lipinski definition) is 6. The lowest BCUT2D eigenvalue weighted by Gasteiger charge is -2.36. The van der Waals surface area contributed by atoms with Gasteiger partial charge in [-0.1, -0.05) is 0 Å². The molecule has 2 fully saturated rings. The van der Waals surface area contributed by atoms with Crippen molar-refractivity contribution in [2.45, 2.75) is 39.0 Å². The second kappa shape index (κ2) is 10.2. The third kappa shape index (κ3) is 7.30. The number of benzene rings is 1. The van der Waals surface area contributed by atoms with E-state index < -0.39 is 12.1 Å². The monoisotopic (exact) mass is 446 g/mol. The van der Waals surface area contributed by atoms with E-state index in [1.807, 2.05) is 26.0 Å². The summed E-state index contributed by atoms with van der Waals surface area (Å²) >= 11 is 0. The fourth-order valence-corrected chi connectivity index (χ4v) is 3.52. The highest BCUT2D eigenvalue weighted by Crippen LogP contribution is 2.34. The number of methoxy groups -OCH3 is 1. The van der Waals surface area contributed by atoms with E-state index in [1.165, 1.54) is 5.69 Å². The first-order valence-electron chi connectivity index (χ1n) is 10.0. The van der Waals surface area contributed by atoms with Gasteiger partial charge >= 0.3 is 18.1 Å². The Morgan fingerprint density at radius 3 is 2.16 bits per heavy atom. The fourth-order valence-electron chi connectivity index (χ4n) is 3.52. The van der Waals surface area contributed by atoms with Gasteiger partial charge in [-0.3, -0.25) is 9.69 Å². The summed E-state index contributed by atoms with van der Waals surface area (Å²) in [4.78, 5) is 25.5. The third-order valence-electron chi connectivity index (χ3n) is 5.38. The van der Waals surface area contributed by atoms with Crippen LogP contribution in [0.2, 0.25) is 0 Å². The highest BCUT2D eigenvalue weighted by molar-refractivity contribution is 5.78. The lowest BCUT2D eigenvalue weighted by Crippen LogP contribution is -2.47. The van der Waals surface area contributed by atoms with E-state index in [4.69, 9.17) is 19.4 Å². The maximum atomic E-state index is 11.8. The molecule has 0 spiro atoms. The number of carbonyl (C=O) groups excluding carboxylic acids is 1. The van der Waals surface area contributed by atoms with Crippen molar-refractivity contribution in [2.24, 2.45) is 5.41 Å². The summed E-state index contributed by atoms with van der Waals surface area (Å²) in [5.41, 5.74) is 0.944. The van der Waals surface area contributed by atoms with Crippen molar-refractivity contribution < 1.29 is 37.3 Å². The molecule has 1 atom stereocenters. The Hall–Kier alpha value is -2.49. The van der Waals surface area contributed by atoms with Crippen molar-refractivity contribution in [1.29, 1.82) is 0 Å². The standard InChI is InChI=1S/C19H28N2O3.C2HF3O2/c1-19(2)14-17(24-18(19)22)8-9-20-10-12-21(13-11-20)15-4-6-16(23-3)7-5-15;3-2(4,5)1(6)7/h4-7,17H,8-14H2,1-3H3;(H,6,7)/t17-;/m0./s1. The molecule has 2 saturated heterocycles. The first kappa shape index (κ1) is 24.8. The molecule has 0 bridgehead atoms. The molecular weight excluding hydrogens is 417 g/mol. The molecule has 10 heteroatoms. The number of ether oxygens (including phenoxy) is 2. The van der Waals surface area contributed by atoms with Crippen molar-refractivity contribution in [1.82, 2.24) is 4.90 Å². The van der Waals surface area contributed by atoms with Gasteiger partial charge in [0.05, 0.1) is 12.5 Å². The Labute approximate surface area is 179 Å². The first-order valence-corrected chi connectivity index (χ1v) is 10.0. The van der Waals surface area contributed by atoms with E-state index >= 15 is 0 Å². The number of alkyl halides is 3. The van der Waals surface area contributed by atoms with Crippen LogP contribution in [0.4, 0.5) is 18.9 Å². The lowest BCUT2D eigenvalue weighted by atomic mass is 9.89. The van der Waals surface area contributed by atoms with Gasteiger partial charge in [-0.05, 0) is 51.0 Å². The molecule has 1 aromatic rings. The third-order valence-corrected chi connectivity index (χ3v) is 5.38. The average Bonchev–Trinajstić information content (AvgIpc) is 2.98. The number of esters is 1. The molecular formula is C21H29F3N2O5. The highest BCUT2D eigenvalue weighted by Gasteiger charge is 2.41. The molecule has 174 valence electrons. The zero-order valence-electron chi connectivity index (χ0n) is 17.9. The van der Waals surface area contributed by atoms with Crippen LogP contribution in [0.15, 0.2) is 24.3 Å². The van der Waals surface area contributed by atoms with Gasteiger partial charge in [-0.15, -0.1) is 0 Å². The van der Waals surface area contributed by atoms with Crippen LogP contribution in [-0.2, 0) is 14.3 Å². The number of hydrogen-bond donors (Lipinski definition) is 1. The van der Waals surface area contributed by atoms with Gasteiger partial charge in [-0.2, -0.15) is 13.2 Å². The number of rotatable bonds is 5. The Bertz CT molecular complexity index is 744. The number of anilines is 1. The van der Waals surface area contributed by atoms with Gasteiger partial charge in [0.25, 0.3) is 0 Å². The number of carbonyl (C=O) groups is 2. The molecule has 31 heavy (non-hydrogen) atoms. The second-order valence-corrected chi connectivity index (χ2v) is 8.23. The lowest BCUT2D eigenvalue weighted by molar-refractivity contribution is -0.192. The van der Waals surface area contributed by atoms with Crippen molar-refractivity contribution in [3.63, 3.8) is 0 Å². The predicted octanol–water partition coefficient (Wildman–Crippen LogP) is 3.18. The van der Waals surface area contributed by atoms with Crippen LogP contribution in [-0.4, -0.2) is 74.1 Å². The SMILES string of the molecule is COc1ccc(N2CCN(CC[C@H]3CC(C)(C)C(=O)O3)CC2)cc1.O=C(O)C(F)(F)F. The van der Waals surface area contributed by atoms with Gasteiger partial charge in [-0.25, -0.2) is 4.79 Å². The zero-order valence-corrected chi connectivity index (χ0v) is 17.9. The molecule has 2 aliphatic rings. The minimum Gasteiger partial charge on any atom is -0.497 e. The van der Waals surface area contributed by atoms with Crippen molar-refractivity contribution in [3.8, 4) is 5.75 Å². The van der Waals surface area contributed by atoms with Gasteiger partial charge in [0.2, 0.25) is 0 Å². The number of carboxylic acid groups (broad SMARTS) is 1. The summed E-state index contributed by atoms with van der Waals surface area (Å²) in [6, 6.07) is 8.26. The first-order chi connectivity index (χ1) is 14.4. The maximum absolute atomic E-state index is 11.8.